The molecule has 1 saturated carbocycles. The quantitative estimate of drug-likeness (QED) is 0.795. The average molecular weight is 273 g/mol. The molecule has 0 saturated heterocycles. The van der Waals surface area contributed by atoms with E-state index in [2.05, 4.69) is 13.8 Å². The van der Waals surface area contributed by atoms with Crippen LogP contribution in [0.25, 0.3) is 0 Å². The number of ether oxygens (including phenoxy) is 2. The van der Waals surface area contributed by atoms with Crippen LogP contribution in [0.3, 0.4) is 0 Å². The van der Waals surface area contributed by atoms with Gasteiger partial charge < -0.3 is 9.47 Å². The number of hydrogen-bond donors (Lipinski definition) is 0. The van der Waals surface area contributed by atoms with Crippen LogP contribution in [-0.4, -0.2) is 30.6 Å². The Kier molecular flexibility index (Phi) is 3.04. The van der Waals surface area contributed by atoms with Gasteiger partial charge >= 0.3 is 5.97 Å². The van der Waals surface area contributed by atoms with Crippen molar-refractivity contribution in [3.05, 3.63) is 35.9 Å². The van der Waals surface area contributed by atoms with Crippen molar-refractivity contribution in [1.82, 2.24) is 0 Å². The van der Waals surface area contributed by atoms with Crippen molar-refractivity contribution in [2.24, 2.45) is 16.8 Å². The fourth-order valence-corrected chi connectivity index (χ4v) is 3.10. The highest BCUT2D eigenvalue weighted by molar-refractivity contribution is 5.99. The zero-order valence-electron chi connectivity index (χ0n) is 12.0. The Bertz CT molecular complexity index is 552. The third-order valence-electron chi connectivity index (χ3n) is 4.26. The van der Waals surface area contributed by atoms with Gasteiger partial charge in [0, 0.05) is 5.56 Å². The fourth-order valence-electron chi connectivity index (χ4n) is 3.10. The van der Waals surface area contributed by atoms with Crippen LogP contribution in [0.2, 0.25) is 0 Å². The Balaban J connectivity index is 1.93. The third kappa shape index (κ3) is 1.90. The van der Waals surface area contributed by atoms with Gasteiger partial charge in [0.1, 0.15) is 5.54 Å². The molecule has 0 bridgehead atoms. The van der Waals surface area contributed by atoms with E-state index in [9.17, 15) is 4.79 Å². The summed E-state index contributed by atoms with van der Waals surface area (Å²) in [5.41, 5.74) is 0.500. The van der Waals surface area contributed by atoms with Crippen LogP contribution in [-0.2, 0) is 14.3 Å². The molecule has 0 radical (unpaired) electrons. The number of benzene rings is 1. The number of carbonyl (C=O) groups excluding carboxylic acids is 1. The van der Waals surface area contributed by atoms with Gasteiger partial charge in [-0.25, -0.2) is 9.79 Å². The second-order valence-corrected chi connectivity index (χ2v) is 5.85. The number of hydrogen-bond acceptors (Lipinski definition) is 4. The molecule has 4 nitrogen and oxygen atoms in total. The average Bonchev–Trinajstić information content (AvgIpc) is 3.05. The molecular weight excluding hydrogens is 254 g/mol. The third-order valence-corrected chi connectivity index (χ3v) is 4.26. The standard InChI is InChI=1S/C16H19NO3/c1-10(2)12-9-16(12)13(15(18)19-3)20-14(17-16)11-7-5-4-6-8-11/h4-8,10,12-13H,9H2,1-3H3. The van der Waals surface area contributed by atoms with Gasteiger partial charge in [0.15, 0.2) is 0 Å². The Morgan fingerprint density at radius 2 is 2.10 bits per heavy atom. The lowest BCUT2D eigenvalue weighted by molar-refractivity contribution is -0.150. The van der Waals surface area contributed by atoms with Crippen molar-refractivity contribution in [2.45, 2.75) is 31.9 Å². The zero-order valence-corrected chi connectivity index (χ0v) is 12.0. The maximum Gasteiger partial charge on any atom is 0.349 e. The van der Waals surface area contributed by atoms with Crippen molar-refractivity contribution < 1.29 is 14.3 Å². The molecule has 0 N–H and O–H groups in total. The van der Waals surface area contributed by atoms with E-state index in [0.717, 1.165) is 12.0 Å². The largest absolute Gasteiger partial charge is 0.466 e. The van der Waals surface area contributed by atoms with Gasteiger partial charge in [-0.05, 0) is 30.4 Å². The molecule has 3 rings (SSSR count). The molecule has 3 unspecified atom stereocenters. The van der Waals surface area contributed by atoms with Crippen molar-refractivity contribution in [3.63, 3.8) is 0 Å². The molecule has 1 aliphatic heterocycles. The summed E-state index contributed by atoms with van der Waals surface area (Å²) < 4.78 is 10.7. The molecular formula is C16H19NO3. The first-order chi connectivity index (χ1) is 9.58. The highest BCUT2D eigenvalue weighted by Crippen LogP contribution is 2.57. The lowest BCUT2D eigenvalue weighted by Gasteiger charge is -2.16. The molecule has 106 valence electrons. The molecule has 2 aliphatic rings. The van der Waals surface area contributed by atoms with E-state index in [1.54, 1.807) is 0 Å². The first-order valence-electron chi connectivity index (χ1n) is 6.98. The molecule has 1 spiro atoms. The maximum atomic E-state index is 12.0. The molecule has 1 aromatic rings. The number of methoxy groups -OCH3 is 1. The zero-order chi connectivity index (χ0) is 14.3. The Morgan fingerprint density at radius 3 is 2.65 bits per heavy atom. The van der Waals surface area contributed by atoms with Gasteiger partial charge in [0.05, 0.1) is 7.11 Å². The second kappa shape index (κ2) is 4.62. The summed E-state index contributed by atoms with van der Waals surface area (Å²) in [6.45, 7) is 4.31. The molecule has 0 amide bonds. The minimum absolute atomic E-state index is 0.331. The normalized spacial score (nSPS) is 31.1. The van der Waals surface area contributed by atoms with Crippen LogP contribution in [0.15, 0.2) is 35.3 Å². The van der Waals surface area contributed by atoms with Crippen molar-refractivity contribution in [2.75, 3.05) is 7.11 Å². The van der Waals surface area contributed by atoms with Crippen molar-refractivity contribution >= 4 is 11.9 Å². The van der Waals surface area contributed by atoms with Crippen molar-refractivity contribution in [1.29, 1.82) is 0 Å². The van der Waals surface area contributed by atoms with Crippen LogP contribution in [0.5, 0.6) is 0 Å². The van der Waals surface area contributed by atoms with Gasteiger partial charge in [0.2, 0.25) is 12.0 Å². The molecule has 20 heavy (non-hydrogen) atoms. The van der Waals surface area contributed by atoms with E-state index in [0.29, 0.717) is 17.7 Å². The van der Waals surface area contributed by atoms with Crippen LogP contribution in [0.4, 0.5) is 0 Å². The fraction of sp³-hybridized carbons (Fsp3) is 0.500. The minimum atomic E-state index is -0.602. The number of nitrogens with zero attached hydrogens (tertiary/aromatic N) is 1. The predicted molar refractivity (Wildman–Crippen MR) is 75.5 cm³/mol. The smallest absolute Gasteiger partial charge is 0.349 e. The van der Waals surface area contributed by atoms with Crippen LogP contribution < -0.4 is 0 Å². The summed E-state index contributed by atoms with van der Waals surface area (Å²) in [7, 11) is 1.40. The summed E-state index contributed by atoms with van der Waals surface area (Å²) in [4.78, 5) is 16.7. The molecule has 1 aliphatic carbocycles. The summed E-state index contributed by atoms with van der Waals surface area (Å²) in [6.07, 6.45) is 0.288. The number of rotatable bonds is 3. The van der Waals surface area contributed by atoms with Crippen molar-refractivity contribution in [3.8, 4) is 0 Å². The summed E-state index contributed by atoms with van der Waals surface area (Å²) in [6, 6.07) is 9.71. The van der Waals surface area contributed by atoms with Gasteiger partial charge in [0.25, 0.3) is 0 Å². The van der Waals surface area contributed by atoms with Gasteiger partial charge in [-0.1, -0.05) is 32.0 Å². The number of esters is 1. The van der Waals surface area contributed by atoms with E-state index in [-0.39, 0.29) is 5.97 Å². The van der Waals surface area contributed by atoms with E-state index in [4.69, 9.17) is 14.5 Å². The van der Waals surface area contributed by atoms with Crippen LogP contribution in [0, 0.1) is 11.8 Å². The molecule has 0 aromatic heterocycles. The van der Waals surface area contributed by atoms with Crippen LogP contribution in [0.1, 0.15) is 25.8 Å². The number of carbonyl (C=O) groups is 1. The van der Waals surface area contributed by atoms with E-state index < -0.39 is 11.6 Å². The minimum Gasteiger partial charge on any atom is -0.466 e. The highest BCUT2D eigenvalue weighted by Gasteiger charge is 2.67. The topological polar surface area (TPSA) is 47.9 Å². The predicted octanol–water partition coefficient (Wildman–Crippen LogP) is 2.42. The molecule has 1 heterocycles. The van der Waals surface area contributed by atoms with E-state index in [1.165, 1.54) is 7.11 Å². The Morgan fingerprint density at radius 1 is 1.40 bits per heavy atom. The Labute approximate surface area is 118 Å². The van der Waals surface area contributed by atoms with E-state index in [1.807, 2.05) is 30.3 Å². The van der Waals surface area contributed by atoms with Gasteiger partial charge in [-0.3, -0.25) is 0 Å². The first kappa shape index (κ1) is 13.2. The van der Waals surface area contributed by atoms with Crippen LogP contribution >= 0.6 is 0 Å². The lowest BCUT2D eigenvalue weighted by Crippen LogP contribution is -2.36. The first-order valence-corrected chi connectivity index (χ1v) is 6.98. The summed E-state index contributed by atoms with van der Waals surface area (Å²) >= 11 is 0. The SMILES string of the molecule is COC(=O)C1OC(c2ccccc2)=NC12CC2C(C)C. The highest BCUT2D eigenvalue weighted by atomic mass is 16.6. The summed E-state index contributed by atoms with van der Waals surface area (Å²) in [5.74, 6) is 1.09. The van der Waals surface area contributed by atoms with Gasteiger partial charge in [-0.2, -0.15) is 0 Å². The molecule has 3 atom stereocenters. The monoisotopic (exact) mass is 273 g/mol. The van der Waals surface area contributed by atoms with Gasteiger partial charge in [-0.15, -0.1) is 0 Å². The number of aliphatic imine (C=N–C) groups is 1. The molecule has 1 fully saturated rings. The second-order valence-electron chi connectivity index (χ2n) is 5.85. The van der Waals surface area contributed by atoms with E-state index >= 15 is 0 Å². The Hall–Kier alpha value is -1.84. The molecule has 1 aromatic carbocycles. The maximum absolute atomic E-state index is 12.0. The lowest BCUT2D eigenvalue weighted by atomic mass is 10.0. The summed E-state index contributed by atoms with van der Waals surface area (Å²) in [5, 5.41) is 0. The molecule has 4 heteroatoms.